The first-order chi connectivity index (χ1) is 18.1. The number of fused-ring (bicyclic) bond motifs is 1. The maximum Gasteiger partial charge on any atom is 0.273 e. The first-order valence-electron chi connectivity index (χ1n) is 12.9. The summed E-state index contributed by atoms with van der Waals surface area (Å²) >= 11 is 0. The van der Waals surface area contributed by atoms with E-state index in [2.05, 4.69) is 72.6 Å². The van der Waals surface area contributed by atoms with Gasteiger partial charge in [-0.1, -0.05) is 67.4 Å². The molecule has 0 aliphatic carbocycles. The van der Waals surface area contributed by atoms with E-state index in [4.69, 9.17) is 9.47 Å². The van der Waals surface area contributed by atoms with Gasteiger partial charge in [-0.2, -0.15) is 5.10 Å². The van der Waals surface area contributed by atoms with Crippen LogP contribution in [0.25, 0.3) is 11.3 Å². The van der Waals surface area contributed by atoms with E-state index in [1.807, 2.05) is 29.2 Å². The molecule has 1 unspecified atom stereocenters. The summed E-state index contributed by atoms with van der Waals surface area (Å²) in [7, 11) is 1.66. The van der Waals surface area contributed by atoms with Gasteiger partial charge >= 0.3 is 0 Å². The number of unbranched alkanes of at least 4 members (excludes halogenated alkanes) is 1. The first kappa shape index (κ1) is 24.6. The van der Waals surface area contributed by atoms with Crippen molar-refractivity contribution in [1.82, 2.24) is 15.1 Å². The van der Waals surface area contributed by atoms with Crippen LogP contribution in [0, 0.1) is 6.92 Å². The van der Waals surface area contributed by atoms with E-state index in [0.29, 0.717) is 18.8 Å². The number of hydrogen-bond acceptors (Lipinski definition) is 4. The highest BCUT2D eigenvalue weighted by Gasteiger charge is 2.41. The quantitative estimate of drug-likeness (QED) is 0.260. The summed E-state index contributed by atoms with van der Waals surface area (Å²) < 4.78 is 11.2. The van der Waals surface area contributed by atoms with Crippen LogP contribution in [0.5, 0.6) is 11.5 Å². The number of amides is 1. The van der Waals surface area contributed by atoms with Gasteiger partial charge in [0.15, 0.2) is 0 Å². The SMILES string of the molecule is CCCCOc1ccc(C2c3c(-c4ccc(C)cc4)n[nH]c3C(=O)N2CCc2ccc(OC)cc2)cc1. The Bertz CT molecular complexity index is 1340. The predicted octanol–water partition coefficient (Wildman–Crippen LogP) is 6.36. The molecule has 6 heteroatoms. The molecule has 1 aliphatic heterocycles. The molecule has 2 heterocycles. The molecule has 1 amide bonds. The van der Waals surface area contributed by atoms with Gasteiger partial charge in [0.1, 0.15) is 17.2 Å². The number of hydrogen-bond donors (Lipinski definition) is 1. The largest absolute Gasteiger partial charge is 0.497 e. The van der Waals surface area contributed by atoms with Gasteiger partial charge in [0.05, 0.1) is 25.5 Å². The molecule has 1 aromatic heterocycles. The fraction of sp³-hybridized carbons (Fsp3) is 0.290. The van der Waals surface area contributed by atoms with Gasteiger partial charge in [-0.3, -0.25) is 9.89 Å². The molecular weight excluding hydrogens is 462 g/mol. The Hall–Kier alpha value is -4.06. The fourth-order valence-corrected chi connectivity index (χ4v) is 4.83. The van der Waals surface area contributed by atoms with Gasteiger partial charge in [0.25, 0.3) is 5.91 Å². The summed E-state index contributed by atoms with van der Waals surface area (Å²) in [5.41, 5.74) is 6.70. The highest BCUT2D eigenvalue weighted by atomic mass is 16.5. The highest BCUT2D eigenvalue weighted by Crippen LogP contribution is 2.43. The number of methoxy groups -OCH3 is 1. The summed E-state index contributed by atoms with van der Waals surface area (Å²) in [6.07, 6.45) is 2.86. The third kappa shape index (κ3) is 5.10. The van der Waals surface area contributed by atoms with Crippen molar-refractivity contribution in [3.8, 4) is 22.8 Å². The number of aromatic nitrogens is 2. The summed E-state index contributed by atoms with van der Waals surface area (Å²) in [5, 5.41) is 7.65. The van der Waals surface area contributed by atoms with Crippen molar-refractivity contribution < 1.29 is 14.3 Å². The molecule has 1 N–H and O–H groups in total. The smallest absolute Gasteiger partial charge is 0.273 e. The molecule has 0 saturated heterocycles. The normalized spacial score (nSPS) is 14.6. The third-order valence-corrected chi connectivity index (χ3v) is 6.95. The van der Waals surface area contributed by atoms with Crippen molar-refractivity contribution in [2.24, 2.45) is 0 Å². The minimum atomic E-state index is -0.236. The molecular formula is C31H33N3O3. The van der Waals surface area contributed by atoms with Crippen molar-refractivity contribution in [3.63, 3.8) is 0 Å². The zero-order valence-corrected chi connectivity index (χ0v) is 21.7. The molecule has 37 heavy (non-hydrogen) atoms. The van der Waals surface area contributed by atoms with E-state index >= 15 is 0 Å². The van der Waals surface area contributed by atoms with Crippen LogP contribution in [-0.4, -0.2) is 41.3 Å². The van der Waals surface area contributed by atoms with E-state index in [-0.39, 0.29) is 11.9 Å². The number of rotatable bonds is 10. The van der Waals surface area contributed by atoms with Crippen LogP contribution in [0.15, 0.2) is 72.8 Å². The Kier molecular flexibility index (Phi) is 7.26. The molecule has 1 atom stereocenters. The number of carbonyl (C=O) groups is 1. The lowest BCUT2D eigenvalue weighted by atomic mass is 9.95. The Morgan fingerprint density at radius 3 is 2.32 bits per heavy atom. The van der Waals surface area contributed by atoms with Gasteiger partial charge in [-0.25, -0.2) is 0 Å². The number of H-pyrrole nitrogens is 1. The van der Waals surface area contributed by atoms with Gasteiger partial charge < -0.3 is 14.4 Å². The lowest BCUT2D eigenvalue weighted by Crippen LogP contribution is -2.31. The molecule has 0 spiro atoms. The monoisotopic (exact) mass is 495 g/mol. The molecule has 3 aromatic carbocycles. The summed E-state index contributed by atoms with van der Waals surface area (Å²) in [6, 6.07) is 24.2. The third-order valence-electron chi connectivity index (χ3n) is 6.95. The van der Waals surface area contributed by atoms with Crippen LogP contribution in [-0.2, 0) is 6.42 Å². The molecule has 0 saturated carbocycles. The average molecular weight is 496 g/mol. The second kappa shape index (κ2) is 10.9. The van der Waals surface area contributed by atoms with Crippen LogP contribution in [0.4, 0.5) is 0 Å². The molecule has 4 aromatic rings. The minimum Gasteiger partial charge on any atom is -0.497 e. The van der Waals surface area contributed by atoms with Crippen LogP contribution >= 0.6 is 0 Å². The van der Waals surface area contributed by atoms with Gasteiger partial charge in [-0.15, -0.1) is 0 Å². The van der Waals surface area contributed by atoms with Crippen molar-refractivity contribution in [3.05, 3.63) is 101 Å². The summed E-state index contributed by atoms with van der Waals surface area (Å²) in [4.78, 5) is 15.6. The minimum absolute atomic E-state index is 0.0253. The second-order valence-electron chi connectivity index (χ2n) is 9.50. The number of ether oxygens (including phenoxy) is 2. The van der Waals surface area contributed by atoms with E-state index in [9.17, 15) is 4.79 Å². The maximum absolute atomic E-state index is 13.7. The molecule has 1 aliphatic rings. The average Bonchev–Trinajstić information content (AvgIpc) is 3.47. The lowest BCUT2D eigenvalue weighted by molar-refractivity contribution is 0.0746. The second-order valence-corrected chi connectivity index (χ2v) is 9.50. The Morgan fingerprint density at radius 2 is 1.65 bits per heavy atom. The van der Waals surface area contributed by atoms with Crippen molar-refractivity contribution >= 4 is 5.91 Å². The van der Waals surface area contributed by atoms with Crippen molar-refractivity contribution in [1.29, 1.82) is 0 Å². The number of nitrogens with one attached hydrogen (secondary N) is 1. The lowest BCUT2D eigenvalue weighted by Gasteiger charge is -2.26. The first-order valence-corrected chi connectivity index (χ1v) is 12.9. The number of aryl methyl sites for hydroxylation is 1. The van der Waals surface area contributed by atoms with Crippen LogP contribution in [0.2, 0.25) is 0 Å². The predicted molar refractivity (Wildman–Crippen MR) is 145 cm³/mol. The van der Waals surface area contributed by atoms with Gasteiger partial charge in [-0.05, 0) is 55.2 Å². The number of aromatic amines is 1. The van der Waals surface area contributed by atoms with Crippen LogP contribution < -0.4 is 9.47 Å². The zero-order valence-electron chi connectivity index (χ0n) is 21.7. The van der Waals surface area contributed by atoms with Gasteiger partial charge in [0.2, 0.25) is 0 Å². The van der Waals surface area contributed by atoms with Crippen molar-refractivity contribution in [2.75, 3.05) is 20.3 Å². The molecule has 6 nitrogen and oxygen atoms in total. The van der Waals surface area contributed by atoms with E-state index < -0.39 is 0 Å². The van der Waals surface area contributed by atoms with Gasteiger partial charge in [0, 0.05) is 17.7 Å². The molecule has 0 fully saturated rings. The van der Waals surface area contributed by atoms with E-state index in [1.54, 1.807) is 7.11 Å². The summed E-state index contributed by atoms with van der Waals surface area (Å²) in [6.45, 7) is 5.50. The standard InChI is InChI=1S/C31H33N3O3/c1-4-5-20-37-26-16-12-24(13-17-26)30-27-28(23-10-6-21(2)7-11-23)32-33-29(27)31(35)34(30)19-18-22-8-14-25(36-3)15-9-22/h6-17,30H,4-5,18-20H2,1-3H3,(H,32,33). The van der Waals surface area contributed by atoms with Crippen molar-refractivity contribution in [2.45, 2.75) is 39.2 Å². The zero-order chi connectivity index (χ0) is 25.8. The molecule has 190 valence electrons. The van der Waals surface area contributed by atoms with Crippen LogP contribution in [0.1, 0.15) is 58.5 Å². The fourth-order valence-electron chi connectivity index (χ4n) is 4.83. The highest BCUT2D eigenvalue weighted by molar-refractivity contribution is 6.00. The molecule has 5 rings (SSSR count). The molecule has 0 bridgehead atoms. The molecule has 0 radical (unpaired) electrons. The number of carbonyl (C=O) groups excluding carboxylic acids is 1. The Morgan fingerprint density at radius 1 is 0.946 bits per heavy atom. The topological polar surface area (TPSA) is 67.5 Å². The van der Waals surface area contributed by atoms with Crippen LogP contribution in [0.3, 0.4) is 0 Å². The van der Waals surface area contributed by atoms with E-state index in [1.165, 1.54) is 5.56 Å². The maximum atomic E-state index is 13.7. The number of nitrogens with zero attached hydrogens (tertiary/aromatic N) is 2. The Labute approximate surface area is 218 Å². The van der Waals surface area contributed by atoms with E-state index in [0.717, 1.165) is 58.7 Å². The Balaban J connectivity index is 1.48. The summed E-state index contributed by atoms with van der Waals surface area (Å²) in [5.74, 6) is 1.64. The number of benzene rings is 3.